The Balaban J connectivity index is 1.41. The van der Waals surface area contributed by atoms with E-state index in [2.05, 4.69) is 38.8 Å². The second-order valence-electron chi connectivity index (χ2n) is 7.60. The Labute approximate surface area is 195 Å². The fraction of sp³-hybridized carbons (Fsp3) is 0.115. The van der Waals surface area contributed by atoms with E-state index in [1.807, 2.05) is 60.7 Å². The molecule has 0 unspecified atom stereocenters. The number of imidazole rings is 2. The summed E-state index contributed by atoms with van der Waals surface area (Å²) < 4.78 is 2.17. The molecule has 0 saturated carbocycles. The molecule has 2 aromatic heterocycles. The topological polar surface area (TPSA) is 90.5 Å². The van der Waals surface area contributed by atoms with Gasteiger partial charge in [-0.25, -0.2) is 9.97 Å². The monoisotopic (exact) mass is 451 g/mol. The second-order valence-corrected chi connectivity index (χ2v) is 8.54. The number of aliphatic hydroxyl groups excluding tert-OH is 1. The maximum atomic E-state index is 10.8. The lowest BCUT2D eigenvalue weighted by atomic mass is 10.1. The van der Waals surface area contributed by atoms with Gasteiger partial charge in [-0.1, -0.05) is 66.4 Å². The predicted molar refractivity (Wildman–Crippen MR) is 132 cm³/mol. The second kappa shape index (κ2) is 9.23. The van der Waals surface area contributed by atoms with Crippen LogP contribution in [0.2, 0.25) is 0 Å². The zero-order valence-electron chi connectivity index (χ0n) is 17.8. The number of benzene rings is 3. The molecule has 3 aromatic carbocycles. The SMILES string of the molecule is N#C/C(=C(/O)CSc1nc2ccccc2n1CCc1ccccc1)c1nc2ccccc2[nH]1. The number of nitriles is 1. The summed E-state index contributed by atoms with van der Waals surface area (Å²) in [5.41, 5.74) is 4.94. The van der Waals surface area contributed by atoms with Crippen molar-refractivity contribution in [3.63, 3.8) is 0 Å². The fourth-order valence-electron chi connectivity index (χ4n) is 3.80. The van der Waals surface area contributed by atoms with Crippen molar-refractivity contribution in [1.29, 1.82) is 5.26 Å². The highest BCUT2D eigenvalue weighted by Crippen LogP contribution is 2.28. The fourth-order valence-corrected chi connectivity index (χ4v) is 4.71. The number of nitrogens with one attached hydrogen (secondary N) is 1. The number of para-hydroxylation sites is 4. The molecule has 0 aliphatic heterocycles. The normalized spacial score (nSPS) is 12.1. The van der Waals surface area contributed by atoms with Crippen LogP contribution in [-0.4, -0.2) is 30.4 Å². The maximum Gasteiger partial charge on any atom is 0.169 e. The Morgan fingerprint density at radius 1 is 0.939 bits per heavy atom. The van der Waals surface area contributed by atoms with Crippen molar-refractivity contribution < 1.29 is 5.11 Å². The van der Waals surface area contributed by atoms with E-state index in [9.17, 15) is 10.4 Å². The van der Waals surface area contributed by atoms with Crippen LogP contribution in [0.4, 0.5) is 0 Å². The van der Waals surface area contributed by atoms with Crippen LogP contribution < -0.4 is 0 Å². The number of nitrogens with zero attached hydrogens (tertiary/aromatic N) is 4. The van der Waals surface area contributed by atoms with Crippen molar-refractivity contribution in [2.75, 3.05) is 5.75 Å². The summed E-state index contributed by atoms with van der Waals surface area (Å²) in [5, 5.41) is 21.3. The quantitative estimate of drug-likeness (QED) is 0.187. The number of H-pyrrole nitrogens is 1. The number of aromatic amines is 1. The van der Waals surface area contributed by atoms with Crippen LogP contribution in [-0.2, 0) is 13.0 Å². The van der Waals surface area contributed by atoms with Crippen LogP contribution in [0.1, 0.15) is 11.4 Å². The van der Waals surface area contributed by atoms with E-state index in [1.54, 1.807) is 0 Å². The Hall–Kier alpha value is -4.02. The summed E-state index contributed by atoms with van der Waals surface area (Å²) in [4.78, 5) is 12.3. The molecule has 0 spiro atoms. The highest BCUT2D eigenvalue weighted by atomic mass is 32.2. The van der Waals surface area contributed by atoms with Crippen LogP contribution in [0.15, 0.2) is 89.8 Å². The first-order valence-electron chi connectivity index (χ1n) is 10.6. The molecule has 5 aromatic rings. The molecule has 0 amide bonds. The molecule has 0 atom stereocenters. The molecule has 7 heteroatoms. The highest BCUT2D eigenvalue weighted by molar-refractivity contribution is 7.99. The van der Waals surface area contributed by atoms with Gasteiger partial charge >= 0.3 is 0 Å². The summed E-state index contributed by atoms with van der Waals surface area (Å²) in [6, 6.07) is 28.0. The molecule has 2 heterocycles. The van der Waals surface area contributed by atoms with Crippen molar-refractivity contribution in [3.05, 3.63) is 96.0 Å². The number of allylic oxidation sites excluding steroid dienone is 1. The van der Waals surface area contributed by atoms with E-state index >= 15 is 0 Å². The van der Waals surface area contributed by atoms with Gasteiger partial charge < -0.3 is 14.7 Å². The molecule has 162 valence electrons. The minimum atomic E-state index is -0.0248. The summed E-state index contributed by atoms with van der Waals surface area (Å²) >= 11 is 1.41. The molecule has 6 nitrogen and oxygen atoms in total. The van der Waals surface area contributed by atoms with Gasteiger partial charge in [-0.3, -0.25) is 0 Å². The van der Waals surface area contributed by atoms with Crippen molar-refractivity contribution in [2.45, 2.75) is 18.1 Å². The first kappa shape index (κ1) is 20.9. The molecule has 0 saturated heterocycles. The standard InChI is InChI=1S/C26H21N5OS/c27-16-19(25-28-20-10-4-5-11-21(20)29-25)24(32)17-33-26-30-22-12-6-7-13-23(22)31(26)15-14-18-8-2-1-3-9-18/h1-13,32H,14-15,17H2,(H,28,29)/b24-19-. The molecule has 0 radical (unpaired) electrons. The smallest absolute Gasteiger partial charge is 0.169 e. The minimum absolute atomic E-state index is 0.0248. The average molecular weight is 452 g/mol. The van der Waals surface area contributed by atoms with E-state index in [4.69, 9.17) is 4.98 Å². The third-order valence-electron chi connectivity index (χ3n) is 5.45. The van der Waals surface area contributed by atoms with Crippen molar-refractivity contribution in [1.82, 2.24) is 19.5 Å². The van der Waals surface area contributed by atoms with E-state index in [0.717, 1.165) is 40.2 Å². The lowest BCUT2D eigenvalue weighted by molar-refractivity contribution is 0.420. The van der Waals surface area contributed by atoms with Gasteiger partial charge in [0.2, 0.25) is 0 Å². The third kappa shape index (κ3) is 4.34. The summed E-state index contributed by atoms with van der Waals surface area (Å²) in [7, 11) is 0. The molecule has 0 fully saturated rings. The van der Waals surface area contributed by atoms with Crippen LogP contribution >= 0.6 is 11.8 Å². The van der Waals surface area contributed by atoms with Gasteiger partial charge in [-0.15, -0.1) is 0 Å². The van der Waals surface area contributed by atoms with Gasteiger partial charge in [0.15, 0.2) is 11.0 Å². The zero-order chi connectivity index (χ0) is 22.6. The van der Waals surface area contributed by atoms with Crippen LogP contribution in [0.5, 0.6) is 0 Å². The summed E-state index contributed by atoms with van der Waals surface area (Å²) in [6.45, 7) is 0.770. The number of aryl methyl sites for hydroxylation is 2. The number of aliphatic hydroxyl groups is 1. The van der Waals surface area contributed by atoms with Crippen LogP contribution in [0.25, 0.3) is 27.6 Å². The Morgan fingerprint density at radius 3 is 2.45 bits per heavy atom. The number of rotatable bonds is 7. The van der Waals surface area contributed by atoms with Gasteiger partial charge in [-0.05, 0) is 36.2 Å². The van der Waals surface area contributed by atoms with Crippen molar-refractivity contribution in [2.24, 2.45) is 0 Å². The molecule has 2 N–H and O–H groups in total. The van der Waals surface area contributed by atoms with Crippen LogP contribution in [0, 0.1) is 11.3 Å². The number of aromatic nitrogens is 4. The third-order valence-corrected chi connectivity index (χ3v) is 6.44. The first-order chi connectivity index (χ1) is 16.2. The number of fused-ring (bicyclic) bond motifs is 2. The van der Waals surface area contributed by atoms with Crippen molar-refractivity contribution in [3.8, 4) is 6.07 Å². The molecular formula is C26H21N5OS. The van der Waals surface area contributed by atoms with Crippen LogP contribution in [0.3, 0.4) is 0 Å². The van der Waals surface area contributed by atoms with E-state index in [0.29, 0.717) is 5.82 Å². The zero-order valence-corrected chi connectivity index (χ0v) is 18.6. The van der Waals surface area contributed by atoms with Gasteiger partial charge in [-0.2, -0.15) is 5.26 Å². The van der Waals surface area contributed by atoms with E-state index < -0.39 is 0 Å². The lowest BCUT2D eigenvalue weighted by Gasteiger charge is -2.09. The molecular weight excluding hydrogens is 430 g/mol. The Bertz CT molecular complexity index is 1460. The van der Waals surface area contributed by atoms with Gasteiger partial charge in [0, 0.05) is 6.54 Å². The Kier molecular flexibility index (Phi) is 5.83. The summed E-state index contributed by atoms with van der Waals surface area (Å²) in [5.74, 6) is 0.562. The highest BCUT2D eigenvalue weighted by Gasteiger charge is 2.16. The average Bonchev–Trinajstić information content (AvgIpc) is 3.43. The largest absolute Gasteiger partial charge is 0.510 e. The molecule has 0 aliphatic rings. The molecule has 33 heavy (non-hydrogen) atoms. The van der Waals surface area contributed by atoms with E-state index in [-0.39, 0.29) is 17.1 Å². The molecule has 5 rings (SSSR count). The Morgan fingerprint density at radius 2 is 1.67 bits per heavy atom. The number of hydrogen-bond donors (Lipinski definition) is 2. The van der Waals surface area contributed by atoms with Crippen molar-refractivity contribution >= 4 is 39.4 Å². The first-order valence-corrected chi connectivity index (χ1v) is 11.6. The predicted octanol–water partition coefficient (Wildman–Crippen LogP) is 5.74. The van der Waals surface area contributed by atoms with E-state index in [1.165, 1.54) is 17.3 Å². The number of hydrogen-bond acceptors (Lipinski definition) is 5. The maximum absolute atomic E-state index is 10.8. The van der Waals surface area contributed by atoms with Gasteiger partial charge in [0.05, 0.1) is 27.8 Å². The van der Waals surface area contributed by atoms with Gasteiger partial charge in [0.1, 0.15) is 17.4 Å². The molecule has 0 aliphatic carbocycles. The number of thioether (sulfide) groups is 1. The molecule has 0 bridgehead atoms. The summed E-state index contributed by atoms with van der Waals surface area (Å²) in [6.07, 6.45) is 0.874. The minimum Gasteiger partial charge on any atom is -0.510 e. The lowest BCUT2D eigenvalue weighted by Crippen LogP contribution is -2.04. The van der Waals surface area contributed by atoms with Gasteiger partial charge in [0.25, 0.3) is 0 Å².